The zero-order valence-electron chi connectivity index (χ0n) is 17.8. The fraction of sp³-hybridized carbons (Fsp3) is 0.250. The van der Waals surface area contributed by atoms with Crippen LogP contribution in [0.25, 0.3) is 0 Å². The van der Waals surface area contributed by atoms with Crippen molar-refractivity contribution in [2.24, 2.45) is 0 Å². The average molecular weight is 495 g/mol. The zero-order valence-corrected chi connectivity index (χ0v) is 19.4. The van der Waals surface area contributed by atoms with Gasteiger partial charge in [-0.15, -0.1) is 0 Å². The molecule has 3 aromatic rings. The monoisotopic (exact) mass is 494 g/mol. The van der Waals surface area contributed by atoms with Crippen LogP contribution in [0, 0.1) is 6.92 Å². The fourth-order valence-corrected chi connectivity index (χ4v) is 4.12. The molecule has 4 rings (SSSR count). The number of rotatable bonds is 5. The molecule has 0 bridgehead atoms. The van der Waals surface area contributed by atoms with Crippen molar-refractivity contribution in [2.45, 2.75) is 39.3 Å². The highest BCUT2D eigenvalue weighted by atomic mass is 79.9. The summed E-state index contributed by atoms with van der Waals surface area (Å²) in [5.41, 5.74) is 3.49. The van der Waals surface area contributed by atoms with Crippen molar-refractivity contribution in [3.8, 4) is 0 Å². The maximum Gasteiger partial charge on any atom is 0.278 e. The van der Waals surface area contributed by atoms with Crippen LogP contribution in [0.3, 0.4) is 0 Å². The van der Waals surface area contributed by atoms with E-state index in [-0.39, 0.29) is 42.1 Å². The SMILES string of the molecule is Cc1cc(NC(=O)CCn2nc(C(=O)N3c4ccccc4C[C@H]3C)ccc2=O)ccc1Br. The molecule has 2 heterocycles. The van der Waals surface area contributed by atoms with Gasteiger partial charge in [0.25, 0.3) is 11.5 Å². The number of carbonyl (C=O) groups excluding carboxylic acids is 2. The summed E-state index contributed by atoms with van der Waals surface area (Å²) in [5.74, 6) is -0.495. The van der Waals surface area contributed by atoms with E-state index in [4.69, 9.17) is 0 Å². The van der Waals surface area contributed by atoms with E-state index in [0.717, 1.165) is 27.7 Å². The van der Waals surface area contributed by atoms with Crippen molar-refractivity contribution >= 4 is 39.1 Å². The number of para-hydroxylation sites is 1. The second kappa shape index (κ2) is 9.08. The number of nitrogens with one attached hydrogen (secondary N) is 1. The molecule has 2 aromatic carbocycles. The van der Waals surface area contributed by atoms with Crippen molar-refractivity contribution < 1.29 is 9.59 Å². The van der Waals surface area contributed by atoms with Gasteiger partial charge in [-0.3, -0.25) is 14.4 Å². The number of nitrogens with zero attached hydrogens (tertiary/aromatic N) is 3. The summed E-state index contributed by atoms with van der Waals surface area (Å²) in [4.78, 5) is 39.5. The topological polar surface area (TPSA) is 84.3 Å². The van der Waals surface area contributed by atoms with Crippen LogP contribution in [-0.4, -0.2) is 27.6 Å². The molecule has 1 N–H and O–H groups in total. The molecule has 0 radical (unpaired) electrons. The molecule has 32 heavy (non-hydrogen) atoms. The Labute approximate surface area is 194 Å². The first kappa shape index (κ1) is 22.0. The third-order valence-electron chi connectivity index (χ3n) is 5.50. The Bertz CT molecular complexity index is 1250. The summed E-state index contributed by atoms with van der Waals surface area (Å²) in [6.07, 6.45) is 0.833. The Kier molecular flexibility index (Phi) is 6.23. The van der Waals surface area contributed by atoms with E-state index in [1.54, 1.807) is 11.0 Å². The molecular formula is C24H23BrN4O3. The maximum atomic E-state index is 13.2. The third kappa shape index (κ3) is 4.50. The molecule has 8 heteroatoms. The second-order valence-corrected chi connectivity index (χ2v) is 8.75. The van der Waals surface area contributed by atoms with Crippen LogP contribution in [0.2, 0.25) is 0 Å². The van der Waals surface area contributed by atoms with Gasteiger partial charge in [-0.1, -0.05) is 34.1 Å². The molecule has 7 nitrogen and oxygen atoms in total. The van der Waals surface area contributed by atoms with E-state index in [2.05, 4.69) is 26.3 Å². The van der Waals surface area contributed by atoms with E-state index in [1.165, 1.54) is 16.8 Å². The lowest BCUT2D eigenvalue weighted by Gasteiger charge is -2.22. The fourth-order valence-electron chi connectivity index (χ4n) is 3.87. The van der Waals surface area contributed by atoms with Crippen LogP contribution in [-0.2, 0) is 17.8 Å². The lowest BCUT2D eigenvalue weighted by molar-refractivity contribution is -0.116. The molecule has 0 saturated carbocycles. The lowest BCUT2D eigenvalue weighted by Crippen LogP contribution is -2.37. The third-order valence-corrected chi connectivity index (χ3v) is 6.39. The molecule has 0 spiro atoms. The normalized spacial score (nSPS) is 14.8. The summed E-state index contributed by atoms with van der Waals surface area (Å²) in [6.45, 7) is 4.00. The molecule has 164 valence electrons. The summed E-state index contributed by atoms with van der Waals surface area (Å²) in [6, 6.07) is 16.1. The number of hydrogen-bond donors (Lipinski definition) is 1. The molecule has 2 amide bonds. The van der Waals surface area contributed by atoms with Gasteiger partial charge < -0.3 is 10.2 Å². The number of amides is 2. The van der Waals surface area contributed by atoms with E-state index >= 15 is 0 Å². The molecule has 1 aromatic heterocycles. The van der Waals surface area contributed by atoms with Gasteiger partial charge >= 0.3 is 0 Å². The molecule has 0 fully saturated rings. The minimum atomic E-state index is -0.358. The first-order valence-electron chi connectivity index (χ1n) is 10.4. The molecule has 1 atom stereocenters. The van der Waals surface area contributed by atoms with Gasteiger partial charge in [0.05, 0.1) is 6.54 Å². The van der Waals surface area contributed by atoms with E-state index in [0.29, 0.717) is 5.69 Å². The van der Waals surface area contributed by atoms with Crippen LogP contribution in [0.5, 0.6) is 0 Å². The van der Waals surface area contributed by atoms with Gasteiger partial charge in [0.1, 0.15) is 5.69 Å². The summed E-state index contributed by atoms with van der Waals surface area (Å²) >= 11 is 3.43. The van der Waals surface area contributed by atoms with Gasteiger partial charge in [0.2, 0.25) is 5.91 Å². The van der Waals surface area contributed by atoms with Crippen LogP contribution in [0.1, 0.15) is 35.0 Å². The predicted molar refractivity (Wildman–Crippen MR) is 127 cm³/mol. The van der Waals surface area contributed by atoms with Gasteiger partial charge in [-0.25, -0.2) is 4.68 Å². The second-order valence-electron chi connectivity index (χ2n) is 7.90. The Morgan fingerprint density at radius 2 is 1.94 bits per heavy atom. The van der Waals surface area contributed by atoms with Gasteiger partial charge in [-0.2, -0.15) is 5.10 Å². The Balaban J connectivity index is 1.47. The molecule has 0 aliphatic carbocycles. The minimum absolute atomic E-state index is 0.00206. The van der Waals surface area contributed by atoms with Crippen molar-refractivity contribution in [1.82, 2.24) is 9.78 Å². The Morgan fingerprint density at radius 3 is 2.72 bits per heavy atom. The highest BCUT2D eigenvalue weighted by Gasteiger charge is 2.32. The first-order valence-corrected chi connectivity index (χ1v) is 11.2. The average Bonchev–Trinajstić information content (AvgIpc) is 3.11. The first-order chi connectivity index (χ1) is 15.3. The molecule has 1 aliphatic heterocycles. The maximum absolute atomic E-state index is 13.2. The standard InChI is InChI=1S/C24H23BrN4O3/c1-15-13-18(7-8-19(15)25)26-22(30)11-12-28-23(31)10-9-20(27-28)24(32)29-16(2)14-17-5-3-4-6-21(17)29/h3-10,13,16H,11-12,14H2,1-2H3,(H,26,30)/t16-/m1/s1. The summed E-state index contributed by atoms with van der Waals surface area (Å²) in [7, 11) is 0. The Hall–Kier alpha value is -3.26. The smallest absolute Gasteiger partial charge is 0.278 e. The lowest BCUT2D eigenvalue weighted by atomic mass is 10.1. The highest BCUT2D eigenvalue weighted by molar-refractivity contribution is 9.10. The number of aromatic nitrogens is 2. The molecule has 0 unspecified atom stereocenters. The number of halogens is 1. The van der Waals surface area contributed by atoms with Crippen LogP contribution >= 0.6 is 15.9 Å². The van der Waals surface area contributed by atoms with Crippen LogP contribution < -0.4 is 15.8 Å². The van der Waals surface area contributed by atoms with Crippen molar-refractivity contribution in [3.63, 3.8) is 0 Å². The highest BCUT2D eigenvalue weighted by Crippen LogP contribution is 2.32. The number of carbonyl (C=O) groups is 2. The van der Waals surface area contributed by atoms with Gasteiger partial charge in [-0.05, 0) is 61.7 Å². The summed E-state index contributed by atoms with van der Waals surface area (Å²) in [5, 5.41) is 7.08. The molecule has 1 aliphatic rings. The zero-order chi connectivity index (χ0) is 22.8. The predicted octanol–water partition coefficient (Wildman–Crippen LogP) is 3.93. The number of aryl methyl sites for hydroxylation is 2. The number of benzene rings is 2. The van der Waals surface area contributed by atoms with Crippen LogP contribution in [0.15, 0.2) is 63.9 Å². The molecule has 0 saturated heterocycles. The number of hydrogen-bond acceptors (Lipinski definition) is 4. The quantitative estimate of drug-likeness (QED) is 0.582. The van der Waals surface area contributed by atoms with Gasteiger partial charge in [0, 0.05) is 34.4 Å². The largest absolute Gasteiger partial charge is 0.326 e. The minimum Gasteiger partial charge on any atom is -0.326 e. The van der Waals surface area contributed by atoms with Gasteiger partial charge in [0.15, 0.2) is 0 Å². The van der Waals surface area contributed by atoms with Crippen molar-refractivity contribution in [1.29, 1.82) is 0 Å². The van der Waals surface area contributed by atoms with E-state index in [1.807, 2.05) is 50.2 Å². The Morgan fingerprint density at radius 1 is 1.16 bits per heavy atom. The van der Waals surface area contributed by atoms with Crippen LogP contribution in [0.4, 0.5) is 11.4 Å². The van der Waals surface area contributed by atoms with Crippen molar-refractivity contribution in [3.05, 3.63) is 86.2 Å². The summed E-state index contributed by atoms with van der Waals surface area (Å²) < 4.78 is 2.13. The number of anilines is 2. The molecular weight excluding hydrogens is 472 g/mol. The van der Waals surface area contributed by atoms with Crippen molar-refractivity contribution in [2.75, 3.05) is 10.2 Å². The van der Waals surface area contributed by atoms with E-state index < -0.39 is 0 Å². The number of fused-ring (bicyclic) bond motifs is 1. The van der Waals surface area contributed by atoms with E-state index in [9.17, 15) is 14.4 Å².